The molecule has 0 aliphatic carbocycles. The minimum atomic E-state index is -0.423. The van der Waals surface area contributed by atoms with E-state index in [-0.39, 0.29) is 5.91 Å². The Labute approximate surface area is 198 Å². The number of para-hydroxylation sites is 1. The summed E-state index contributed by atoms with van der Waals surface area (Å²) in [5.74, 6) is 0.207. The lowest BCUT2D eigenvalue weighted by Crippen LogP contribution is -2.11. The van der Waals surface area contributed by atoms with Crippen LogP contribution < -0.4 is 10.9 Å². The van der Waals surface area contributed by atoms with Crippen LogP contribution in [0, 0.1) is 0 Å². The fourth-order valence-electron chi connectivity index (χ4n) is 3.89. The predicted octanol–water partition coefficient (Wildman–Crippen LogP) is 5.92. The summed E-state index contributed by atoms with van der Waals surface area (Å²) in [5.41, 5.74) is 4.35. The summed E-state index contributed by atoms with van der Waals surface area (Å²) >= 11 is 0. The number of pyridine rings is 1. The Balaban J connectivity index is 1.23. The molecule has 3 aromatic carbocycles. The highest BCUT2D eigenvalue weighted by molar-refractivity contribution is 6.05. The molecule has 0 saturated heterocycles. The normalized spacial score (nSPS) is 11.1. The van der Waals surface area contributed by atoms with Crippen LogP contribution in [-0.2, 0) is 0 Å². The maximum atomic E-state index is 12.8. The van der Waals surface area contributed by atoms with Crippen molar-refractivity contribution in [3.05, 3.63) is 113 Å². The van der Waals surface area contributed by atoms with Gasteiger partial charge in [-0.05, 0) is 60.2 Å². The van der Waals surface area contributed by atoms with Gasteiger partial charge in [0.1, 0.15) is 11.1 Å². The van der Waals surface area contributed by atoms with Crippen LogP contribution in [0.25, 0.3) is 44.7 Å². The first kappa shape index (κ1) is 20.6. The Kier molecular flexibility index (Phi) is 4.93. The van der Waals surface area contributed by atoms with Crippen molar-refractivity contribution in [2.75, 3.05) is 5.32 Å². The second-order valence-corrected chi connectivity index (χ2v) is 7.95. The molecule has 168 valence electrons. The molecular weight excluding hydrogens is 442 g/mol. The van der Waals surface area contributed by atoms with E-state index in [0.29, 0.717) is 45.0 Å². The molecule has 0 radical (unpaired) electrons. The third-order valence-electron chi connectivity index (χ3n) is 5.67. The first-order valence-corrected chi connectivity index (χ1v) is 10.9. The number of anilines is 1. The van der Waals surface area contributed by atoms with E-state index in [9.17, 15) is 9.59 Å². The fourth-order valence-corrected chi connectivity index (χ4v) is 3.89. The number of aromatic nitrogens is 2. The van der Waals surface area contributed by atoms with E-state index in [0.717, 1.165) is 10.9 Å². The van der Waals surface area contributed by atoms with Crippen LogP contribution in [0.2, 0.25) is 0 Å². The van der Waals surface area contributed by atoms with E-state index < -0.39 is 5.63 Å². The predicted molar refractivity (Wildman–Crippen MR) is 133 cm³/mol. The Morgan fingerprint density at radius 3 is 2.40 bits per heavy atom. The van der Waals surface area contributed by atoms with E-state index in [4.69, 9.17) is 8.83 Å². The van der Waals surface area contributed by atoms with E-state index in [2.05, 4.69) is 15.3 Å². The largest absolute Gasteiger partial charge is 0.436 e. The number of oxazole rings is 1. The van der Waals surface area contributed by atoms with Crippen molar-refractivity contribution in [3.8, 4) is 22.6 Å². The zero-order valence-corrected chi connectivity index (χ0v) is 18.3. The van der Waals surface area contributed by atoms with Crippen LogP contribution in [0.5, 0.6) is 0 Å². The lowest BCUT2D eigenvalue weighted by atomic mass is 10.0. The van der Waals surface area contributed by atoms with Gasteiger partial charge in [-0.15, -0.1) is 0 Å². The average Bonchev–Trinajstić information content (AvgIpc) is 3.32. The number of nitrogens with one attached hydrogen (secondary N) is 1. The van der Waals surface area contributed by atoms with Gasteiger partial charge in [0.15, 0.2) is 5.58 Å². The number of hydrogen-bond acceptors (Lipinski definition) is 6. The molecule has 0 unspecified atom stereocenters. The SMILES string of the molecule is O=C(Nc1ccc2oc(-c3ccncc3)nc2c1)c1ccc(-c2cc3ccccc3oc2=O)cc1. The van der Waals surface area contributed by atoms with Crippen LogP contribution >= 0.6 is 0 Å². The van der Waals surface area contributed by atoms with E-state index >= 15 is 0 Å². The summed E-state index contributed by atoms with van der Waals surface area (Å²) in [5, 5.41) is 3.72. The molecule has 35 heavy (non-hydrogen) atoms. The second kappa shape index (κ2) is 8.39. The molecule has 0 bridgehead atoms. The van der Waals surface area contributed by atoms with Gasteiger partial charge in [0, 0.05) is 34.6 Å². The summed E-state index contributed by atoms with van der Waals surface area (Å²) in [6.07, 6.45) is 3.35. The molecule has 0 spiro atoms. The number of carbonyl (C=O) groups excluding carboxylic acids is 1. The number of nitrogens with zero attached hydrogens (tertiary/aromatic N) is 2. The van der Waals surface area contributed by atoms with Gasteiger partial charge >= 0.3 is 5.63 Å². The lowest BCUT2D eigenvalue weighted by Gasteiger charge is -2.07. The number of hydrogen-bond donors (Lipinski definition) is 1. The van der Waals surface area contributed by atoms with Gasteiger partial charge in [-0.3, -0.25) is 9.78 Å². The van der Waals surface area contributed by atoms with Crippen molar-refractivity contribution in [2.45, 2.75) is 0 Å². The van der Waals surface area contributed by atoms with Gasteiger partial charge < -0.3 is 14.2 Å². The number of amides is 1. The summed E-state index contributed by atoms with van der Waals surface area (Å²) in [6.45, 7) is 0. The van der Waals surface area contributed by atoms with Crippen LogP contribution in [0.4, 0.5) is 5.69 Å². The third kappa shape index (κ3) is 3.95. The molecule has 7 nitrogen and oxygen atoms in total. The Hall–Kier alpha value is -5.04. The molecule has 3 heterocycles. The Morgan fingerprint density at radius 2 is 1.57 bits per heavy atom. The van der Waals surface area contributed by atoms with Crippen LogP contribution in [-0.4, -0.2) is 15.9 Å². The summed E-state index contributed by atoms with van der Waals surface area (Å²) in [4.78, 5) is 33.8. The average molecular weight is 459 g/mol. The molecule has 0 saturated carbocycles. The first-order chi connectivity index (χ1) is 17.1. The van der Waals surface area contributed by atoms with Crippen molar-refractivity contribution >= 4 is 33.7 Å². The van der Waals surface area contributed by atoms with Gasteiger partial charge in [0.2, 0.25) is 5.89 Å². The van der Waals surface area contributed by atoms with Crippen molar-refractivity contribution in [2.24, 2.45) is 0 Å². The van der Waals surface area contributed by atoms with Crippen molar-refractivity contribution in [1.29, 1.82) is 0 Å². The highest BCUT2D eigenvalue weighted by Crippen LogP contribution is 2.26. The highest BCUT2D eigenvalue weighted by atomic mass is 16.4. The van der Waals surface area contributed by atoms with E-state index in [1.165, 1.54) is 0 Å². The van der Waals surface area contributed by atoms with Gasteiger partial charge in [0.25, 0.3) is 5.91 Å². The molecule has 1 amide bonds. The lowest BCUT2D eigenvalue weighted by molar-refractivity contribution is 0.102. The van der Waals surface area contributed by atoms with E-state index in [1.807, 2.05) is 30.3 Å². The monoisotopic (exact) mass is 459 g/mol. The maximum Gasteiger partial charge on any atom is 0.344 e. The van der Waals surface area contributed by atoms with Crippen LogP contribution in [0.15, 0.2) is 111 Å². The second-order valence-electron chi connectivity index (χ2n) is 7.95. The molecule has 0 aliphatic rings. The van der Waals surface area contributed by atoms with Crippen molar-refractivity contribution in [1.82, 2.24) is 9.97 Å². The first-order valence-electron chi connectivity index (χ1n) is 10.9. The molecule has 3 aromatic heterocycles. The quantitative estimate of drug-likeness (QED) is 0.329. The number of rotatable bonds is 4. The van der Waals surface area contributed by atoms with Gasteiger partial charge in [-0.25, -0.2) is 9.78 Å². The van der Waals surface area contributed by atoms with Crippen molar-refractivity contribution in [3.63, 3.8) is 0 Å². The summed E-state index contributed by atoms with van der Waals surface area (Å²) in [7, 11) is 0. The van der Waals surface area contributed by atoms with Crippen LogP contribution in [0.3, 0.4) is 0 Å². The Bertz CT molecular complexity index is 1750. The third-order valence-corrected chi connectivity index (χ3v) is 5.67. The summed E-state index contributed by atoms with van der Waals surface area (Å²) in [6, 6.07) is 24.9. The van der Waals surface area contributed by atoms with Gasteiger partial charge in [-0.1, -0.05) is 30.3 Å². The van der Waals surface area contributed by atoms with E-state index in [1.54, 1.807) is 67.0 Å². The maximum absolute atomic E-state index is 12.8. The molecule has 6 aromatic rings. The number of fused-ring (bicyclic) bond motifs is 2. The minimum absolute atomic E-state index is 0.278. The molecular formula is C28H17N3O4. The Morgan fingerprint density at radius 1 is 0.771 bits per heavy atom. The van der Waals surface area contributed by atoms with Gasteiger partial charge in [0.05, 0.1) is 5.56 Å². The topological polar surface area (TPSA) is 98.2 Å². The summed E-state index contributed by atoms with van der Waals surface area (Å²) < 4.78 is 11.2. The number of benzene rings is 3. The highest BCUT2D eigenvalue weighted by Gasteiger charge is 2.12. The molecule has 0 aliphatic heterocycles. The molecule has 6 rings (SSSR count). The van der Waals surface area contributed by atoms with Crippen molar-refractivity contribution < 1.29 is 13.6 Å². The molecule has 1 N–H and O–H groups in total. The molecule has 7 heteroatoms. The smallest absolute Gasteiger partial charge is 0.344 e. The standard InChI is InChI=1S/C28H17N3O4/c32-26(30-21-9-10-25-23(16-21)31-27(34-25)19-11-13-29-14-12-19)18-7-5-17(6-8-18)22-15-20-3-1-2-4-24(20)35-28(22)33/h1-16H,(H,30,32). The van der Waals surface area contributed by atoms with Gasteiger partial charge in [-0.2, -0.15) is 0 Å². The molecule has 0 atom stereocenters. The number of carbonyl (C=O) groups is 1. The molecule has 0 fully saturated rings. The zero-order chi connectivity index (χ0) is 23.8. The van der Waals surface area contributed by atoms with Crippen LogP contribution in [0.1, 0.15) is 10.4 Å². The zero-order valence-electron chi connectivity index (χ0n) is 18.3. The fraction of sp³-hybridized carbons (Fsp3) is 0. The minimum Gasteiger partial charge on any atom is -0.436 e.